The number of alkyl halides is 3. The van der Waals surface area contributed by atoms with E-state index in [9.17, 15) is 18.0 Å². The molecule has 1 unspecified atom stereocenters. The van der Waals surface area contributed by atoms with Crippen molar-refractivity contribution >= 4 is 11.7 Å². The lowest BCUT2D eigenvalue weighted by atomic mass is 9.96. The molecule has 2 N–H and O–H groups in total. The number of rotatable bonds is 5. The number of nitrogens with zero attached hydrogens (tertiary/aromatic N) is 3. The maximum absolute atomic E-state index is 13.7. The molecule has 4 rings (SSSR count). The van der Waals surface area contributed by atoms with Gasteiger partial charge in [0.25, 0.3) is 5.91 Å². The zero-order valence-corrected chi connectivity index (χ0v) is 16.4. The Hall–Kier alpha value is -2.59. The van der Waals surface area contributed by atoms with Gasteiger partial charge >= 0.3 is 6.18 Å². The smallest absolute Gasteiger partial charge is 0.379 e. The minimum Gasteiger partial charge on any atom is -0.379 e. The predicted molar refractivity (Wildman–Crippen MR) is 104 cm³/mol. The van der Waals surface area contributed by atoms with E-state index < -0.39 is 24.2 Å². The van der Waals surface area contributed by atoms with Crippen LogP contribution < -0.4 is 10.6 Å². The maximum atomic E-state index is 13.7. The molecule has 0 aliphatic carbocycles. The maximum Gasteiger partial charge on any atom is 0.410 e. The molecule has 0 radical (unpaired) electrons. The first-order chi connectivity index (χ1) is 14.4. The van der Waals surface area contributed by atoms with Gasteiger partial charge in [-0.15, -0.1) is 0 Å². The lowest BCUT2D eigenvalue weighted by molar-refractivity contribution is -0.173. The Morgan fingerprint density at radius 3 is 2.67 bits per heavy atom. The minimum absolute atomic E-state index is 0.0984. The highest BCUT2D eigenvalue weighted by molar-refractivity contribution is 5.98. The topological polar surface area (TPSA) is 71.4 Å². The summed E-state index contributed by atoms with van der Waals surface area (Å²) in [5, 5.41) is 9.79. The van der Waals surface area contributed by atoms with Gasteiger partial charge in [0.1, 0.15) is 11.4 Å². The van der Waals surface area contributed by atoms with Crippen molar-refractivity contribution in [3.8, 4) is 0 Å². The van der Waals surface area contributed by atoms with Crippen molar-refractivity contribution in [3.05, 3.63) is 47.7 Å². The van der Waals surface area contributed by atoms with Crippen molar-refractivity contribution in [2.75, 3.05) is 44.7 Å². The van der Waals surface area contributed by atoms with Gasteiger partial charge < -0.3 is 15.4 Å². The molecule has 2 aliphatic heterocycles. The van der Waals surface area contributed by atoms with Crippen LogP contribution in [0.3, 0.4) is 0 Å². The Kier molecular flexibility index (Phi) is 5.96. The number of ether oxygens (including phenoxy) is 1. The molecule has 2 atom stereocenters. The van der Waals surface area contributed by atoms with Crippen molar-refractivity contribution < 1.29 is 22.7 Å². The Morgan fingerprint density at radius 2 is 1.97 bits per heavy atom. The number of benzene rings is 1. The van der Waals surface area contributed by atoms with Crippen LogP contribution in [-0.2, 0) is 4.74 Å². The molecule has 162 valence electrons. The van der Waals surface area contributed by atoms with E-state index in [-0.39, 0.29) is 17.8 Å². The number of morpholine rings is 1. The third-order valence-corrected chi connectivity index (χ3v) is 5.50. The van der Waals surface area contributed by atoms with E-state index >= 15 is 0 Å². The van der Waals surface area contributed by atoms with Crippen molar-refractivity contribution in [1.82, 2.24) is 20.0 Å². The fourth-order valence-corrected chi connectivity index (χ4v) is 3.88. The van der Waals surface area contributed by atoms with Crippen LogP contribution in [0.15, 0.2) is 36.5 Å². The summed E-state index contributed by atoms with van der Waals surface area (Å²) < 4.78 is 47.3. The molecule has 10 heteroatoms. The highest BCUT2D eigenvalue weighted by Gasteiger charge is 2.47. The Morgan fingerprint density at radius 1 is 1.23 bits per heavy atom. The van der Waals surface area contributed by atoms with Crippen molar-refractivity contribution in [2.24, 2.45) is 0 Å². The lowest BCUT2D eigenvalue weighted by Crippen LogP contribution is -2.41. The molecule has 0 saturated carbocycles. The molecule has 1 aromatic heterocycles. The van der Waals surface area contributed by atoms with E-state index in [1.165, 1.54) is 6.20 Å². The molecule has 30 heavy (non-hydrogen) atoms. The third kappa shape index (κ3) is 4.44. The highest BCUT2D eigenvalue weighted by Crippen LogP contribution is 2.44. The van der Waals surface area contributed by atoms with Gasteiger partial charge in [0, 0.05) is 32.6 Å². The summed E-state index contributed by atoms with van der Waals surface area (Å²) in [6.07, 6.45) is -3.46. The number of carbonyl (C=O) groups is 1. The number of anilines is 1. The molecule has 1 aromatic carbocycles. The molecule has 2 aliphatic rings. The van der Waals surface area contributed by atoms with Crippen LogP contribution in [0, 0.1) is 0 Å². The average molecular weight is 423 g/mol. The Bertz CT molecular complexity index is 865. The number of aromatic nitrogens is 2. The quantitative estimate of drug-likeness (QED) is 0.774. The summed E-state index contributed by atoms with van der Waals surface area (Å²) in [5.74, 6) is -0.340. The SMILES string of the molecule is O=C(NCCN1CCOCC1)c1cnn2c1NC(c1ccccc1)C[C@H]2C(F)(F)F. The van der Waals surface area contributed by atoms with Gasteiger partial charge in [-0.1, -0.05) is 30.3 Å². The van der Waals surface area contributed by atoms with Gasteiger partial charge in [-0.3, -0.25) is 9.69 Å². The van der Waals surface area contributed by atoms with Crippen LogP contribution >= 0.6 is 0 Å². The fraction of sp³-hybridized carbons (Fsp3) is 0.500. The summed E-state index contributed by atoms with van der Waals surface area (Å²) in [5.41, 5.74) is 0.852. The van der Waals surface area contributed by atoms with Crippen LogP contribution in [0.25, 0.3) is 0 Å². The van der Waals surface area contributed by atoms with Crippen molar-refractivity contribution in [3.63, 3.8) is 0 Å². The molecular formula is C20H24F3N5O2. The van der Waals surface area contributed by atoms with Crippen molar-refractivity contribution in [1.29, 1.82) is 0 Å². The Balaban J connectivity index is 1.51. The Labute approximate surface area is 172 Å². The molecular weight excluding hydrogens is 399 g/mol. The molecule has 2 aromatic rings. The monoisotopic (exact) mass is 423 g/mol. The number of amides is 1. The summed E-state index contributed by atoms with van der Waals surface area (Å²) in [6.45, 7) is 3.97. The fourth-order valence-electron chi connectivity index (χ4n) is 3.88. The number of hydrogen-bond acceptors (Lipinski definition) is 5. The van der Waals surface area contributed by atoms with E-state index in [1.54, 1.807) is 24.3 Å². The summed E-state index contributed by atoms with van der Waals surface area (Å²) in [6, 6.07) is 6.56. The normalized spacial score (nSPS) is 22.2. The second kappa shape index (κ2) is 8.65. The van der Waals surface area contributed by atoms with Gasteiger partial charge in [0.15, 0.2) is 6.04 Å². The van der Waals surface area contributed by atoms with Crippen LogP contribution in [-0.4, -0.2) is 66.2 Å². The van der Waals surface area contributed by atoms with Gasteiger partial charge in [-0.05, 0) is 5.56 Å². The van der Waals surface area contributed by atoms with E-state index in [4.69, 9.17) is 4.74 Å². The zero-order valence-electron chi connectivity index (χ0n) is 16.4. The largest absolute Gasteiger partial charge is 0.410 e. The summed E-state index contributed by atoms with van der Waals surface area (Å²) in [7, 11) is 0. The second-order valence-electron chi connectivity index (χ2n) is 7.46. The molecule has 0 bridgehead atoms. The number of fused-ring (bicyclic) bond motifs is 1. The molecule has 0 spiro atoms. The van der Waals surface area contributed by atoms with E-state index in [0.29, 0.717) is 26.3 Å². The van der Waals surface area contributed by atoms with Crippen LogP contribution in [0.2, 0.25) is 0 Å². The number of halogens is 3. The minimum atomic E-state index is -4.47. The summed E-state index contributed by atoms with van der Waals surface area (Å²) in [4.78, 5) is 14.9. The first kappa shape index (κ1) is 20.7. The van der Waals surface area contributed by atoms with Crippen LogP contribution in [0.4, 0.5) is 19.0 Å². The zero-order chi connectivity index (χ0) is 21.1. The second-order valence-corrected chi connectivity index (χ2v) is 7.46. The predicted octanol–water partition coefficient (Wildman–Crippen LogP) is 2.61. The van der Waals surface area contributed by atoms with Gasteiger partial charge in [-0.2, -0.15) is 18.3 Å². The first-order valence-corrected chi connectivity index (χ1v) is 9.97. The van der Waals surface area contributed by atoms with Crippen LogP contribution in [0.5, 0.6) is 0 Å². The molecule has 3 heterocycles. The van der Waals surface area contributed by atoms with Crippen molar-refractivity contribution in [2.45, 2.75) is 24.7 Å². The summed E-state index contributed by atoms with van der Waals surface area (Å²) >= 11 is 0. The molecule has 1 amide bonds. The molecule has 7 nitrogen and oxygen atoms in total. The van der Waals surface area contributed by atoms with Crippen LogP contribution in [0.1, 0.15) is 34.4 Å². The van der Waals surface area contributed by atoms with E-state index in [1.807, 2.05) is 6.07 Å². The average Bonchev–Trinajstić information content (AvgIpc) is 3.17. The van der Waals surface area contributed by atoms with Gasteiger partial charge in [0.2, 0.25) is 0 Å². The molecule has 1 saturated heterocycles. The van der Waals surface area contributed by atoms with E-state index in [0.717, 1.165) is 23.3 Å². The highest BCUT2D eigenvalue weighted by atomic mass is 19.4. The number of hydrogen-bond donors (Lipinski definition) is 2. The standard InChI is InChI=1S/C20H24F3N5O2/c21-20(22,23)17-12-16(14-4-2-1-3-5-14)26-18-15(13-25-28(17)18)19(29)24-6-7-27-8-10-30-11-9-27/h1-5,13,16-17,26H,6-12H2,(H,24,29)/t16?,17-/m0/s1. The van der Waals surface area contributed by atoms with Gasteiger partial charge in [-0.25, -0.2) is 4.68 Å². The third-order valence-electron chi connectivity index (χ3n) is 5.50. The number of nitrogens with one attached hydrogen (secondary N) is 2. The number of carbonyl (C=O) groups excluding carboxylic acids is 1. The lowest BCUT2D eigenvalue weighted by Gasteiger charge is -2.34. The van der Waals surface area contributed by atoms with E-state index in [2.05, 4.69) is 20.6 Å². The first-order valence-electron chi connectivity index (χ1n) is 9.97. The molecule has 1 fully saturated rings. The van der Waals surface area contributed by atoms with Gasteiger partial charge in [0.05, 0.1) is 25.5 Å².